The van der Waals surface area contributed by atoms with Gasteiger partial charge in [-0.2, -0.15) is 0 Å². The van der Waals surface area contributed by atoms with E-state index in [0.29, 0.717) is 27.6 Å². The minimum absolute atomic E-state index is 0.299. The van der Waals surface area contributed by atoms with Crippen molar-refractivity contribution < 1.29 is 0 Å². The van der Waals surface area contributed by atoms with Crippen LogP contribution < -0.4 is 0 Å². The maximum absolute atomic E-state index is 2.46. The van der Waals surface area contributed by atoms with Crippen molar-refractivity contribution in [3.63, 3.8) is 0 Å². The molecule has 0 rings (SSSR count). The van der Waals surface area contributed by atoms with Gasteiger partial charge in [-0.25, -0.2) is 0 Å². The summed E-state index contributed by atoms with van der Waals surface area (Å²) in [4.78, 5) is 0. The van der Waals surface area contributed by atoms with Gasteiger partial charge in [-0.05, 0) is 27.6 Å². The van der Waals surface area contributed by atoms with E-state index in [4.69, 9.17) is 0 Å². The molecule has 0 aliphatic carbocycles. The van der Waals surface area contributed by atoms with Crippen molar-refractivity contribution in [3.8, 4) is 0 Å². The van der Waals surface area contributed by atoms with Crippen LogP contribution in [0.3, 0.4) is 0 Å². The molecule has 0 heterocycles. The molecule has 0 aromatic rings. The van der Waals surface area contributed by atoms with E-state index in [0.717, 1.165) is 0 Å². The summed E-state index contributed by atoms with van der Waals surface area (Å²) >= 11 is 0. The van der Waals surface area contributed by atoms with Crippen molar-refractivity contribution in [2.24, 2.45) is 27.6 Å². The smallest absolute Gasteiger partial charge is 0.0244 e. The molecule has 0 aliphatic rings. The highest BCUT2D eigenvalue weighted by atomic mass is 14.6. The van der Waals surface area contributed by atoms with Crippen LogP contribution in [0.5, 0.6) is 0 Å². The Morgan fingerprint density at radius 2 is 1.06 bits per heavy atom. The molecule has 0 aromatic carbocycles. The molecule has 0 unspecified atom stereocenters. The molecule has 17 heavy (non-hydrogen) atoms. The van der Waals surface area contributed by atoms with E-state index in [9.17, 15) is 0 Å². The lowest BCUT2D eigenvalue weighted by Gasteiger charge is -2.60. The first-order valence-corrected chi connectivity index (χ1v) is 7.25. The predicted octanol–water partition coefficient (Wildman–Crippen LogP) is 6.16. The molecule has 0 heteroatoms. The van der Waals surface area contributed by atoms with Crippen molar-refractivity contribution >= 4 is 0 Å². The van der Waals surface area contributed by atoms with Crippen molar-refractivity contribution in [2.75, 3.05) is 0 Å². The van der Waals surface area contributed by atoms with Crippen LogP contribution >= 0.6 is 0 Å². The average Bonchev–Trinajstić information content (AvgIpc) is 2.16. The lowest BCUT2D eigenvalue weighted by atomic mass is 9.45. The summed E-state index contributed by atoms with van der Waals surface area (Å²) in [6.45, 7) is 26.6. The van der Waals surface area contributed by atoms with E-state index < -0.39 is 0 Å². The van der Waals surface area contributed by atoms with E-state index in [1.807, 2.05) is 0 Å². The standard InChI is InChI=1S/C17H36/c1-12-14(4,5)16(8,9)17(10,11)15(6,7)13(2)3/h13H,12H2,1-11H3. The first kappa shape index (κ1) is 17.0. The average molecular weight is 240 g/mol. The molecule has 0 bridgehead atoms. The monoisotopic (exact) mass is 240 g/mol. The van der Waals surface area contributed by atoms with Gasteiger partial charge >= 0.3 is 0 Å². The normalized spacial score (nSPS) is 15.5. The van der Waals surface area contributed by atoms with E-state index in [1.54, 1.807) is 0 Å². The molecular formula is C17H36. The Hall–Kier alpha value is 0. The van der Waals surface area contributed by atoms with Gasteiger partial charge in [0.15, 0.2) is 0 Å². The summed E-state index contributed by atoms with van der Waals surface area (Å²) in [7, 11) is 0. The fraction of sp³-hybridized carbons (Fsp3) is 1.00. The maximum atomic E-state index is 2.46. The summed E-state index contributed by atoms with van der Waals surface area (Å²) in [6, 6.07) is 0. The van der Waals surface area contributed by atoms with Crippen LogP contribution in [0, 0.1) is 27.6 Å². The lowest BCUT2D eigenvalue weighted by molar-refractivity contribution is -0.113. The fourth-order valence-corrected chi connectivity index (χ4v) is 2.82. The molecule has 0 aromatic heterocycles. The molecule has 0 saturated heterocycles. The quantitative estimate of drug-likeness (QED) is 0.540. The van der Waals surface area contributed by atoms with Gasteiger partial charge in [0.1, 0.15) is 0 Å². The van der Waals surface area contributed by atoms with Crippen LogP contribution in [0.15, 0.2) is 0 Å². The van der Waals surface area contributed by atoms with E-state index in [1.165, 1.54) is 6.42 Å². The first-order valence-electron chi connectivity index (χ1n) is 7.25. The summed E-state index contributed by atoms with van der Waals surface area (Å²) in [5.41, 5.74) is 1.31. The third kappa shape index (κ3) is 2.42. The molecule has 0 N–H and O–H groups in total. The van der Waals surface area contributed by atoms with Gasteiger partial charge in [0.2, 0.25) is 0 Å². The summed E-state index contributed by atoms with van der Waals surface area (Å²) in [6.07, 6.45) is 1.23. The molecule has 0 nitrogen and oxygen atoms in total. The van der Waals surface area contributed by atoms with Gasteiger partial charge in [-0.1, -0.05) is 82.6 Å². The second-order valence-corrected chi connectivity index (χ2v) is 8.36. The Morgan fingerprint density at radius 1 is 0.706 bits per heavy atom. The van der Waals surface area contributed by atoms with Crippen LogP contribution in [0.2, 0.25) is 0 Å². The Bertz CT molecular complexity index is 251. The molecule has 0 radical (unpaired) electrons. The van der Waals surface area contributed by atoms with E-state index in [-0.39, 0.29) is 0 Å². The summed E-state index contributed by atoms with van der Waals surface area (Å²) < 4.78 is 0. The fourth-order valence-electron chi connectivity index (χ4n) is 2.82. The zero-order valence-electron chi connectivity index (χ0n) is 14.3. The van der Waals surface area contributed by atoms with Gasteiger partial charge in [0, 0.05) is 0 Å². The molecule has 0 fully saturated rings. The van der Waals surface area contributed by atoms with Crippen LogP contribution in [0.1, 0.15) is 82.6 Å². The molecule has 0 atom stereocenters. The zero-order valence-corrected chi connectivity index (χ0v) is 14.3. The third-order valence-electron chi connectivity index (χ3n) is 7.19. The Kier molecular flexibility index (Phi) is 4.59. The third-order valence-corrected chi connectivity index (χ3v) is 7.19. The molecule has 0 saturated carbocycles. The molecule has 0 spiro atoms. The van der Waals surface area contributed by atoms with E-state index >= 15 is 0 Å². The van der Waals surface area contributed by atoms with Crippen molar-refractivity contribution in [2.45, 2.75) is 82.6 Å². The lowest BCUT2D eigenvalue weighted by Crippen LogP contribution is -2.53. The van der Waals surface area contributed by atoms with Crippen LogP contribution in [-0.4, -0.2) is 0 Å². The minimum Gasteiger partial charge on any atom is -0.0649 e. The Balaban J connectivity index is 5.61. The van der Waals surface area contributed by atoms with Crippen molar-refractivity contribution in [3.05, 3.63) is 0 Å². The van der Waals surface area contributed by atoms with Gasteiger partial charge in [0.05, 0.1) is 0 Å². The highest BCUT2D eigenvalue weighted by Crippen LogP contribution is 2.61. The first-order chi connectivity index (χ1) is 7.25. The van der Waals surface area contributed by atoms with Gasteiger partial charge < -0.3 is 0 Å². The number of hydrogen-bond donors (Lipinski definition) is 0. The van der Waals surface area contributed by atoms with Crippen LogP contribution in [0.4, 0.5) is 0 Å². The van der Waals surface area contributed by atoms with E-state index in [2.05, 4.69) is 76.2 Å². The Morgan fingerprint density at radius 3 is 1.29 bits per heavy atom. The highest BCUT2D eigenvalue weighted by molar-refractivity contribution is 5.03. The zero-order chi connectivity index (χ0) is 14.3. The SMILES string of the molecule is CCC(C)(C)C(C)(C)C(C)(C)C(C)(C)C(C)C. The molecule has 0 amide bonds. The highest BCUT2D eigenvalue weighted by Gasteiger charge is 2.54. The summed E-state index contributed by atoms with van der Waals surface area (Å²) in [5.74, 6) is 0.699. The predicted molar refractivity (Wildman–Crippen MR) is 80.3 cm³/mol. The topological polar surface area (TPSA) is 0 Å². The second kappa shape index (κ2) is 4.59. The maximum Gasteiger partial charge on any atom is -0.0244 e. The van der Waals surface area contributed by atoms with Crippen LogP contribution in [-0.2, 0) is 0 Å². The molecular weight excluding hydrogens is 204 g/mol. The number of rotatable bonds is 5. The largest absolute Gasteiger partial charge is 0.0649 e. The van der Waals surface area contributed by atoms with Crippen molar-refractivity contribution in [1.29, 1.82) is 0 Å². The van der Waals surface area contributed by atoms with Gasteiger partial charge in [-0.3, -0.25) is 0 Å². The number of hydrogen-bond acceptors (Lipinski definition) is 0. The molecule has 104 valence electrons. The van der Waals surface area contributed by atoms with Crippen molar-refractivity contribution in [1.82, 2.24) is 0 Å². The second-order valence-electron chi connectivity index (χ2n) is 8.36. The summed E-state index contributed by atoms with van der Waals surface area (Å²) in [5, 5.41) is 0. The minimum atomic E-state index is 0.299. The van der Waals surface area contributed by atoms with Gasteiger partial charge in [0.25, 0.3) is 0 Å². The van der Waals surface area contributed by atoms with Gasteiger partial charge in [-0.15, -0.1) is 0 Å². The molecule has 0 aliphatic heterocycles. The van der Waals surface area contributed by atoms with Crippen LogP contribution in [0.25, 0.3) is 0 Å². The Labute approximate surface area is 111 Å².